The molecule has 0 saturated carbocycles. The number of aryl methyl sites for hydroxylation is 1. The molecule has 2 aromatic rings. The van der Waals surface area contributed by atoms with Crippen LogP contribution in [0, 0.1) is 6.92 Å². The minimum Gasteiger partial charge on any atom is -0.348 e. The van der Waals surface area contributed by atoms with E-state index in [2.05, 4.69) is 15.3 Å². The Kier molecular flexibility index (Phi) is 6.64. The molecule has 0 radical (unpaired) electrons. The molecule has 2 aliphatic rings. The van der Waals surface area contributed by atoms with Crippen LogP contribution in [-0.4, -0.2) is 52.5 Å². The molecule has 3 heterocycles. The molecule has 166 valence electrons. The molecular formula is C22H29N5O3S. The molecule has 1 atom stereocenters. The molecule has 2 fully saturated rings. The van der Waals surface area contributed by atoms with Gasteiger partial charge >= 0.3 is 0 Å². The van der Waals surface area contributed by atoms with Crippen LogP contribution in [0.25, 0.3) is 0 Å². The van der Waals surface area contributed by atoms with Crippen molar-refractivity contribution < 1.29 is 13.2 Å². The minimum absolute atomic E-state index is 0.289. The first-order valence-electron chi connectivity index (χ1n) is 10.9. The van der Waals surface area contributed by atoms with Crippen molar-refractivity contribution in [3.05, 3.63) is 59.2 Å². The van der Waals surface area contributed by atoms with Gasteiger partial charge in [-0.2, -0.15) is 17.0 Å². The smallest absolute Gasteiger partial charge is 0.282 e. The summed E-state index contributed by atoms with van der Waals surface area (Å²) >= 11 is 0. The monoisotopic (exact) mass is 443 g/mol. The summed E-state index contributed by atoms with van der Waals surface area (Å²) < 4.78 is 29.8. The fraction of sp³-hybridized carbons (Fsp3) is 0.500. The maximum Gasteiger partial charge on any atom is 0.282 e. The largest absolute Gasteiger partial charge is 0.348 e. The maximum atomic E-state index is 13.4. The lowest BCUT2D eigenvalue weighted by Crippen LogP contribution is -2.47. The second kappa shape index (κ2) is 9.42. The van der Waals surface area contributed by atoms with Crippen molar-refractivity contribution in [2.24, 2.45) is 0 Å². The van der Waals surface area contributed by atoms with Gasteiger partial charge in [0.15, 0.2) is 0 Å². The maximum absolute atomic E-state index is 13.4. The van der Waals surface area contributed by atoms with E-state index in [4.69, 9.17) is 0 Å². The van der Waals surface area contributed by atoms with Crippen LogP contribution in [0.2, 0.25) is 0 Å². The Morgan fingerprint density at radius 3 is 2.55 bits per heavy atom. The lowest BCUT2D eigenvalue weighted by Gasteiger charge is -2.37. The van der Waals surface area contributed by atoms with Gasteiger partial charge in [-0.15, -0.1) is 0 Å². The molecule has 1 aromatic heterocycles. The van der Waals surface area contributed by atoms with Crippen LogP contribution in [0.5, 0.6) is 0 Å². The normalized spacial score (nSPS) is 20.6. The van der Waals surface area contributed by atoms with Crippen molar-refractivity contribution in [3.8, 4) is 0 Å². The fourth-order valence-corrected chi connectivity index (χ4v) is 6.21. The SMILES string of the molecule is Cc1ncc(C(=O)NCc2ccccc2)c([C@@H]2CCCCN2S(=O)(=O)N2CCCC2)n1. The Bertz CT molecular complexity index is 1020. The van der Waals surface area contributed by atoms with Crippen molar-refractivity contribution in [2.45, 2.75) is 51.6 Å². The minimum atomic E-state index is -3.60. The van der Waals surface area contributed by atoms with E-state index in [1.54, 1.807) is 15.5 Å². The standard InChI is InChI=1S/C22H29N5O3S/c1-17-23-16-19(22(28)24-15-18-9-3-2-4-10-18)21(25-17)20-11-5-6-14-27(20)31(29,30)26-12-7-8-13-26/h2-4,9-10,16,20H,5-8,11-15H2,1H3,(H,24,28)/t20-/m0/s1. The summed E-state index contributed by atoms with van der Waals surface area (Å²) in [6.45, 7) is 3.69. The van der Waals surface area contributed by atoms with Gasteiger partial charge < -0.3 is 5.32 Å². The summed E-state index contributed by atoms with van der Waals surface area (Å²) in [5, 5.41) is 2.93. The molecule has 2 aliphatic heterocycles. The zero-order valence-corrected chi connectivity index (χ0v) is 18.6. The van der Waals surface area contributed by atoms with Crippen LogP contribution in [0.4, 0.5) is 0 Å². The van der Waals surface area contributed by atoms with Crippen molar-refractivity contribution in [1.82, 2.24) is 23.9 Å². The molecule has 0 bridgehead atoms. The average Bonchev–Trinajstić information content (AvgIpc) is 3.34. The van der Waals surface area contributed by atoms with Crippen LogP contribution in [-0.2, 0) is 16.8 Å². The van der Waals surface area contributed by atoms with E-state index < -0.39 is 16.3 Å². The number of benzene rings is 1. The van der Waals surface area contributed by atoms with Gasteiger partial charge in [0.1, 0.15) is 5.82 Å². The van der Waals surface area contributed by atoms with Crippen LogP contribution in [0.3, 0.4) is 0 Å². The first-order chi connectivity index (χ1) is 15.0. The summed E-state index contributed by atoms with van der Waals surface area (Å²) in [5.41, 5.74) is 1.83. The van der Waals surface area contributed by atoms with E-state index in [0.29, 0.717) is 49.7 Å². The zero-order chi connectivity index (χ0) is 21.8. The zero-order valence-electron chi connectivity index (χ0n) is 17.8. The molecule has 0 unspecified atom stereocenters. The molecule has 1 aromatic carbocycles. The third kappa shape index (κ3) is 4.78. The number of aromatic nitrogens is 2. The molecule has 2 saturated heterocycles. The number of hydrogen-bond donors (Lipinski definition) is 1. The Morgan fingerprint density at radius 1 is 1.10 bits per heavy atom. The van der Waals surface area contributed by atoms with Crippen molar-refractivity contribution in [3.63, 3.8) is 0 Å². The van der Waals surface area contributed by atoms with Crippen LogP contribution < -0.4 is 5.32 Å². The molecule has 31 heavy (non-hydrogen) atoms. The van der Waals surface area contributed by atoms with Gasteiger partial charge in [-0.05, 0) is 38.2 Å². The molecular weight excluding hydrogens is 414 g/mol. The summed E-state index contributed by atoms with van der Waals surface area (Å²) in [6.07, 6.45) is 5.64. The average molecular weight is 444 g/mol. The molecule has 0 spiro atoms. The van der Waals surface area contributed by atoms with E-state index in [1.165, 1.54) is 6.20 Å². The molecule has 0 aliphatic carbocycles. The third-order valence-electron chi connectivity index (χ3n) is 5.94. The summed E-state index contributed by atoms with van der Waals surface area (Å²) in [6, 6.07) is 9.20. The highest BCUT2D eigenvalue weighted by Crippen LogP contribution is 2.35. The van der Waals surface area contributed by atoms with Gasteiger partial charge in [0, 0.05) is 32.4 Å². The van der Waals surface area contributed by atoms with Gasteiger partial charge in [-0.25, -0.2) is 9.97 Å². The molecule has 9 heteroatoms. The second-order valence-corrected chi connectivity index (χ2v) is 10.0. The Morgan fingerprint density at radius 2 is 1.81 bits per heavy atom. The van der Waals surface area contributed by atoms with Gasteiger partial charge in [0.05, 0.1) is 17.3 Å². The lowest BCUT2D eigenvalue weighted by molar-refractivity contribution is 0.0946. The van der Waals surface area contributed by atoms with Crippen LogP contribution in [0.15, 0.2) is 36.5 Å². The number of amides is 1. The van der Waals surface area contributed by atoms with Crippen molar-refractivity contribution >= 4 is 16.1 Å². The first-order valence-corrected chi connectivity index (χ1v) is 12.3. The Labute approximate surface area is 183 Å². The first kappa shape index (κ1) is 21.9. The molecule has 1 amide bonds. The highest BCUT2D eigenvalue weighted by molar-refractivity contribution is 7.86. The number of piperidine rings is 1. The van der Waals surface area contributed by atoms with Crippen LogP contribution in [0.1, 0.15) is 65.6 Å². The topological polar surface area (TPSA) is 95.5 Å². The van der Waals surface area contributed by atoms with Gasteiger partial charge in [-0.1, -0.05) is 36.8 Å². The van der Waals surface area contributed by atoms with Crippen LogP contribution >= 0.6 is 0 Å². The Hall–Kier alpha value is -2.36. The molecule has 8 nitrogen and oxygen atoms in total. The van der Waals surface area contributed by atoms with E-state index in [-0.39, 0.29) is 5.91 Å². The number of nitrogens with one attached hydrogen (secondary N) is 1. The number of hydrogen-bond acceptors (Lipinski definition) is 5. The highest BCUT2D eigenvalue weighted by Gasteiger charge is 2.40. The number of rotatable bonds is 6. The summed E-state index contributed by atoms with van der Waals surface area (Å²) in [5.74, 6) is 0.238. The number of nitrogens with zero attached hydrogens (tertiary/aromatic N) is 4. The van der Waals surface area contributed by atoms with Crippen molar-refractivity contribution in [2.75, 3.05) is 19.6 Å². The third-order valence-corrected chi connectivity index (χ3v) is 7.98. The molecule has 1 N–H and O–H groups in total. The van der Waals surface area contributed by atoms with E-state index in [0.717, 1.165) is 31.2 Å². The van der Waals surface area contributed by atoms with E-state index >= 15 is 0 Å². The van der Waals surface area contributed by atoms with E-state index in [9.17, 15) is 13.2 Å². The number of carbonyl (C=O) groups excluding carboxylic acids is 1. The fourth-order valence-electron chi connectivity index (χ4n) is 4.31. The lowest BCUT2D eigenvalue weighted by atomic mass is 9.98. The molecule has 4 rings (SSSR count). The number of carbonyl (C=O) groups is 1. The summed E-state index contributed by atoms with van der Waals surface area (Å²) in [4.78, 5) is 21.8. The van der Waals surface area contributed by atoms with E-state index in [1.807, 2.05) is 30.3 Å². The summed E-state index contributed by atoms with van der Waals surface area (Å²) in [7, 11) is -3.60. The van der Waals surface area contributed by atoms with Gasteiger partial charge in [0.2, 0.25) is 0 Å². The second-order valence-electron chi connectivity index (χ2n) is 8.12. The van der Waals surface area contributed by atoms with Gasteiger partial charge in [-0.3, -0.25) is 4.79 Å². The predicted molar refractivity (Wildman–Crippen MR) is 117 cm³/mol. The van der Waals surface area contributed by atoms with Crippen molar-refractivity contribution in [1.29, 1.82) is 0 Å². The Balaban J connectivity index is 1.62. The quantitative estimate of drug-likeness (QED) is 0.740. The predicted octanol–water partition coefficient (Wildman–Crippen LogP) is 2.58. The van der Waals surface area contributed by atoms with Gasteiger partial charge in [0.25, 0.3) is 16.1 Å². The highest BCUT2D eigenvalue weighted by atomic mass is 32.2.